The van der Waals surface area contributed by atoms with Gasteiger partial charge in [0.05, 0.1) is 6.42 Å². The maximum absolute atomic E-state index is 9.55. The molecule has 0 unspecified atom stereocenters. The van der Waals surface area contributed by atoms with E-state index in [0.717, 1.165) is 0 Å². The maximum atomic E-state index is 9.55. The maximum Gasteiger partial charge on any atom is 0.304 e. The highest BCUT2D eigenvalue weighted by Gasteiger charge is 1.88. The first-order chi connectivity index (χ1) is 4.68. The Balaban J connectivity index is 0. The van der Waals surface area contributed by atoms with Crippen molar-refractivity contribution >= 4 is 18.6 Å². The summed E-state index contributed by atoms with van der Waals surface area (Å²) in [7, 11) is 0. The first-order valence-electron chi connectivity index (χ1n) is 3.51. The molecule has 1 N–H and O–H groups in total. The van der Waals surface area contributed by atoms with Gasteiger partial charge in [0, 0.05) is 5.75 Å². The van der Waals surface area contributed by atoms with E-state index in [0.29, 0.717) is 5.75 Å². The van der Waals surface area contributed by atoms with Crippen LogP contribution in [0.1, 0.15) is 33.1 Å². The van der Waals surface area contributed by atoms with Gasteiger partial charge < -0.3 is 5.11 Å². The number of hydrogen-bond acceptors (Lipinski definition) is 2. The molecule has 10 heavy (non-hydrogen) atoms. The third-order valence-corrected chi connectivity index (χ3v) is 1.05. The van der Waals surface area contributed by atoms with Crippen LogP contribution in [0.3, 0.4) is 0 Å². The molecule has 0 rings (SSSR count). The van der Waals surface area contributed by atoms with Crippen molar-refractivity contribution in [2.75, 3.05) is 5.75 Å². The van der Waals surface area contributed by atoms with Crippen molar-refractivity contribution in [3.63, 3.8) is 0 Å². The van der Waals surface area contributed by atoms with E-state index in [1.54, 1.807) is 0 Å². The number of aliphatic carboxylic acids is 1. The van der Waals surface area contributed by atoms with Gasteiger partial charge in [0.15, 0.2) is 0 Å². The van der Waals surface area contributed by atoms with Gasteiger partial charge in [-0.15, -0.1) is 0 Å². The second kappa shape index (κ2) is 11.6. The third-order valence-electron chi connectivity index (χ3n) is 0.826. The van der Waals surface area contributed by atoms with Crippen molar-refractivity contribution in [2.24, 2.45) is 0 Å². The minimum atomic E-state index is -0.787. The Morgan fingerprint density at radius 1 is 1.40 bits per heavy atom. The van der Waals surface area contributed by atoms with Crippen molar-refractivity contribution in [1.29, 1.82) is 0 Å². The predicted octanol–water partition coefficient (Wildman–Crippen LogP) is 2.20. The molecule has 0 radical (unpaired) electrons. The number of hydrogen-bond donors (Lipinski definition) is 2. The van der Waals surface area contributed by atoms with E-state index in [1.807, 2.05) is 0 Å². The molecule has 0 saturated heterocycles. The number of carboxylic acids is 1. The number of rotatable bonds is 3. The fourth-order valence-electron chi connectivity index (χ4n) is 0.0956. The lowest BCUT2D eigenvalue weighted by Gasteiger charge is -1.79. The topological polar surface area (TPSA) is 37.3 Å². The van der Waals surface area contributed by atoms with Gasteiger partial charge in [0.1, 0.15) is 0 Å². The van der Waals surface area contributed by atoms with Crippen molar-refractivity contribution in [3.8, 4) is 0 Å². The van der Waals surface area contributed by atoms with Gasteiger partial charge in [-0.1, -0.05) is 26.7 Å². The summed E-state index contributed by atoms with van der Waals surface area (Å²) in [5.41, 5.74) is 0. The van der Waals surface area contributed by atoms with Crippen LogP contribution in [0.25, 0.3) is 0 Å². The van der Waals surface area contributed by atoms with Crippen LogP contribution in [0.5, 0.6) is 0 Å². The molecule has 0 aromatic carbocycles. The van der Waals surface area contributed by atoms with Gasteiger partial charge in [0.25, 0.3) is 0 Å². The van der Waals surface area contributed by atoms with Crippen molar-refractivity contribution < 1.29 is 9.90 Å². The number of unbranched alkanes of at least 4 members (excludes halogenated alkanes) is 1. The highest BCUT2D eigenvalue weighted by Crippen LogP contribution is 1.79. The normalized spacial score (nSPS) is 7.90. The minimum Gasteiger partial charge on any atom is -0.481 e. The van der Waals surface area contributed by atoms with E-state index < -0.39 is 5.97 Å². The molecule has 0 aromatic heterocycles. The Morgan fingerprint density at radius 2 is 1.80 bits per heavy atom. The molecule has 0 bridgehead atoms. The standard InChI is InChI=1S/C4H10.C3H6O2S/c1-3-4-2;4-3(5)1-2-6/h3-4H2,1-2H3;6H,1-2H2,(H,4,5). The van der Waals surface area contributed by atoms with E-state index in [4.69, 9.17) is 5.11 Å². The first kappa shape index (κ1) is 12.5. The largest absolute Gasteiger partial charge is 0.481 e. The summed E-state index contributed by atoms with van der Waals surface area (Å²) in [6, 6.07) is 0. The van der Waals surface area contributed by atoms with E-state index in [-0.39, 0.29) is 6.42 Å². The summed E-state index contributed by atoms with van der Waals surface area (Å²) in [5.74, 6) is -0.361. The number of thiol groups is 1. The van der Waals surface area contributed by atoms with E-state index >= 15 is 0 Å². The zero-order valence-electron chi connectivity index (χ0n) is 6.63. The van der Waals surface area contributed by atoms with Crippen molar-refractivity contribution in [3.05, 3.63) is 0 Å². The van der Waals surface area contributed by atoms with E-state index in [9.17, 15) is 4.79 Å². The van der Waals surface area contributed by atoms with Gasteiger partial charge in [-0.05, 0) is 0 Å². The summed E-state index contributed by atoms with van der Waals surface area (Å²) in [4.78, 5) is 9.55. The van der Waals surface area contributed by atoms with Gasteiger partial charge >= 0.3 is 5.97 Å². The van der Waals surface area contributed by atoms with Crippen LogP contribution in [-0.4, -0.2) is 16.8 Å². The molecule has 62 valence electrons. The molecule has 3 heteroatoms. The van der Waals surface area contributed by atoms with E-state index in [1.165, 1.54) is 12.8 Å². The zero-order chi connectivity index (χ0) is 8.41. The quantitative estimate of drug-likeness (QED) is 0.627. The van der Waals surface area contributed by atoms with Gasteiger partial charge in [-0.3, -0.25) is 4.79 Å². The molecule has 0 aliphatic heterocycles. The first-order valence-corrected chi connectivity index (χ1v) is 4.14. The molecular formula is C7H16O2S. The van der Waals surface area contributed by atoms with Crippen LogP contribution >= 0.6 is 12.6 Å². The van der Waals surface area contributed by atoms with E-state index in [2.05, 4.69) is 26.5 Å². The summed E-state index contributed by atoms with van der Waals surface area (Å²) >= 11 is 3.68. The zero-order valence-corrected chi connectivity index (χ0v) is 7.53. The van der Waals surface area contributed by atoms with Crippen LogP contribution in [0.2, 0.25) is 0 Å². The third kappa shape index (κ3) is 24.9. The Morgan fingerprint density at radius 3 is 1.80 bits per heavy atom. The molecule has 0 aliphatic rings. The Hall–Kier alpha value is -0.180. The summed E-state index contributed by atoms with van der Waals surface area (Å²) in [6.07, 6.45) is 2.79. The lowest BCUT2D eigenvalue weighted by Crippen LogP contribution is -1.93. The summed E-state index contributed by atoms with van der Waals surface area (Å²) in [5, 5.41) is 7.86. The van der Waals surface area contributed by atoms with Gasteiger partial charge in [-0.25, -0.2) is 0 Å². The lowest BCUT2D eigenvalue weighted by molar-refractivity contribution is -0.136. The molecule has 0 fully saturated rings. The van der Waals surface area contributed by atoms with Crippen molar-refractivity contribution in [2.45, 2.75) is 33.1 Å². The highest BCUT2D eigenvalue weighted by atomic mass is 32.1. The highest BCUT2D eigenvalue weighted by molar-refractivity contribution is 7.80. The molecular weight excluding hydrogens is 148 g/mol. The Labute approximate surface area is 68.0 Å². The van der Waals surface area contributed by atoms with Crippen LogP contribution in [0, 0.1) is 0 Å². The van der Waals surface area contributed by atoms with Crippen molar-refractivity contribution in [1.82, 2.24) is 0 Å². The van der Waals surface area contributed by atoms with Crippen LogP contribution in [-0.2, 0) is 4.79 Å². The van der Waals surface area contributed by atoms with Crippen LogP contribution in [0.15, 0.2) is 0 Å². The fourth-order valence-corrected chi connectivity index (χ4v) is 0.287. The summed E-state index contributed by atoms with van der Waals surface area (Å²) < 4.78 is 0. The monoisotopic (exact) mass is 164 g/mol. The molecule has 2 nitrogen and oxygen atoms in total. The smallest absolute Gasteiger partial charge is 0.304 e. The molecule has 0 amide bonds. The fraction of sp³-hybridized carbons (Fsp3) is 0.857. The molecule has 0 aromatic rings. The SMILES string of the molecule is CCCC.O=C(O)CCS. The molecule has 0 aliphatic carbocycles. The average molecular weight is 164 g/mol. The minimum absolute atomic E-state index is 0.156. The average Bonchev–Trinajstić information content (AvgIpc) is 1.89. The number of carbonyl (C=O) groups is 1. The van der Waals surface area contributed by atoms with Gasteiger partial charge in [0.2, 0.25) is 0 Å². The lowest BCUT2D eigenvalue weighted by atomic mass is 10.4. The second-order valence-corrected chi connectivity index (χ2v) is 2.31. The summed E-state index contributed by atoms with van der Waals surface area (Å²) in [6.45, 7) is 4.36. The number of carboxylic acid groups (broad SMARTS) is 1. The van der Waals surface area contributed by atoms with Crippen LogP contribution in [0.4, 0.5) is 0 Å². The van der Waals surface area contributed by atoms with Crippen LogP contribution < -0.4 is 0 Å². The second-order valence-electron chi connectivity index (χ2n) is 1.87. The molecule has 0 spiro atoms. The Kier molecular flexibility index (Phi) is 14.5. The molecule has 0 atom stereocenters. The predicted molar refractivity (Wildman–Crippen MR) is 46.7 cm³/mol. The Bertz CT molecular complexity index is 72.0. The molecule has 0 heterocycles. The van der Waals surface area contributed by atoms with Gasteiger partial charge in [-0.2, -0.15) is 12.6 Å². The molecule has 0 saturated carbocycles.